The van der Waals surface area contributed by atoms with Gasteiger partial charge in [0.05, 0.1) is 18.0 Å². The Hall–Kier alpha value is -2.54. The number of hydrogen-bond donors (Lipinski definition) is 3. The molecular weight excluding hydrogens is 451 g/mol. The molecule has 1 aromatic carbocycles. The molecule has 3 N–H and O–H groups in total. The molecule has 1 aliphatic rings. The normalized spacial score (nSPS) is 18.1. The number of aliphatic hydroxyl groups is 2. The zero-order valence-electron chi connectivity index (χ0n) is 17.0. The third-order valence-electron chi connectivity index (χ3n) is 5.24. The lowest BCUT2D eigenvalue weighted by atomic mass is 9.92. The zero-order chi connectivity index (χ0) is 23.7. The number of alkyl halides is 3. The number of amides is 1. The number of pyridine rings is 1. The molecule has 8 nitrogen and oxygen atoms in total. The van der Waals surface area contributed by atoms with Gasteiger partial charge in [-0.05, 0) is 17.2 Å². The molecule has 32 heavy (non-hydrogen) atoms. The Kier molecular flexibility index (Phi) is 6.89. The van der Waals surface area contributed by atoms with Gasteiger partial charge in [-0.25, -0.2) is 12.8 Å². The standard InChI is InChI=1S/C20H22F3N3O5S/c1-32(30,31)26-10-20(29,11-26)16-7-6-14(9-24-16)12-2-4-13(5-3-12)17(27)15(8-21)25-19(28)18(22)23/h2-7,9,15,17-18,27,29H,8,10-11H2,1H3,(H,25,28)/t15-,17-/m1/s1. The number of hydrogen-bond acceptors (Lipinski definition) is 6. The fourth-order valence-corrected chi connectivity index (χ4v) is 4.22. The van der Waals surface area contributed by atoms with Crippen molar-refractivity contribution in [1.29, 1.82) is 0 Å². The van der Waals surface area contributed by atoms with Gasteiger partial charge in [0.1, 0.15) is 18.4 Å². The molecule has 0 aliphatic carbocycles. The van der Waals surface area contributed by atoms with E-state index in [4.69, 9.17) is 0 Å². The molecule has 1 saturated heterocycles. The minimum absolute atomic E-state index is 0.0808. The van der Waals surface area contributed by atoms with Crippen LogP contribution in [0.5, 0.6) is 0 Å². The van der Waals surface area contributed by atoms with Crippen LogP contribution in [0.15, 0.2) is 42.6 Å². The molecule has 1 fully saturated rings. The maximum atomic E-state index is 13.1. The first-order chi connectivity index (χ1) is 14.9. The largest absolute Gasteiger partial charge is 0.386 e. The second-order valence-corrected chi connectivity index (χ2v) is 9.61. The molecule has 0 radical (unpaired) electrons. The smallest absolute Gasteiger partial charge is 0.315 e. The average Bonchev–Trinajstić information content (AvgIpc) is 2.74. The van der Waals surface area contributed by atoms with Gasteiger partial charge in [0.15, 0.2) is 0 Å². The minimum atomic E-state index is -3.39. The molecule has 0 saturated carbocycles. The number of benzene rings is 1. The first kappa shape index (κ1) is 24.1. The number of β-amino-alcohol motifs (C(OH)–C–C–N with tert-alkyl or cyclic N) is 1. The van der Waals surface area contributed by atoms with Crippen LogP contribution in [-0.4, -0.2) is 72.3 Å². The van der Waals surface area contributed by atoms with Crippen molar-refractivity contribution >= 4 is 15.9 Å². The fourth-order valence-electron chi connectivity index (χ4n) is 3.33. The Morgan fingerprint density at radius 1 is 1.19 bits per heavy atom. The van der Waals surface area contributed by atoms with Gasteiger partial charge in [0, 0.05) is 24.8 Å². The number of carbonyl (C=O) groups is 1. The summed E-state index contributed by atoms with van der Waals surface area (Å²) in [6.07, 6.45) is -2.29. The number of rotatable bonds is 8. The van der Waals surface area contributed by atoms with E-state index in [1.165, 1.54) is 18.3 Å². The summed E-state index contributed by atoms with van der Waals surface area (Å²) in [5, 5.41) is 22.5. The molecule has 1 aliphatic heterocycles. The summed E-state index contributed by atoms with van der Waals surface area (Å²) in [6, 6.07) is 7.88. The Labute approximate surface area is 182 Å². The fraction of sp³-hybridized carbons (Fsp3) is 0.400. The maximum absolute atomic E-state index is 13.1. The van der Waals surface area contributed by atoms with Crippen molar-refractivity contribution in [2.45, 2.75) is 24.2 Å². The van der Waals surface area contributed by atoms with Gasteiger partial charge in [-0.1, -0.05) is 30.3 Å². The molecular formula is C20H22F3N3O5S. The number of carbonyl (C=O) groups excluding carboxylic acids is 1. The first-order valence-corrected chi connectivity index (χ1v) is 11.4. The Morgan fingerprint density at radius 3 is 2.25 bits per heavy atom. The summed E-state index contributed by atoms with van der Waals surface area (Å²) in [5.74, 6) is -1.66. The molecule has 0 spiro atoms. The molecule has 1 amide bonds. The number of halogens is 3. The predicted octanol–water partition coefficient (Wildman–Crippen LogP) is 0.964. The van der Waals surface area contributed by atoms with E-state index in [2.05, 4.69) is 4.98 Å². The minimum Gasteiger partial charge on any atom is -0.386 e. The van der Waals surface area contributed by atoms with Crippen LogP contribution in [0.1, 0.15) is 17.4 Å². The van der Waals surface area contributed by atoms with Crippen LogP contribution in [0, 0.1) is 0 Å². The van der Waals surface area contributed by atoms with Crippen molar-refractivity contribution in [1.82, 2.24) is 14.6 Å². The topological polar surface area (TPSA) is 120 Å². The van der Waals surface area contributed by atoms with Crippen LogP contribution >= 0.6 is 0 Å². The van der Waals surface area contributed by atoms with E-state index in [0.29, 0.717) is 16.8 Å². The van der Waals surface area contributed by atoms with Gasteiger partial charge in [-0.15, -0.1) is 0 Å². The third kappa shape index (κ3) is 5.09. The summed E-state index contributed by atoms with van der Waals surface area (Å²) in [5.41, 5.74) is 0.519. The Morgan fingerprint density at radius 2 is 1.78 bits per heavy atom. The zero-order valence-corrected chi connectivity index (χ0v) is 17.8. The lowest BCUT2D eigenvalue weighted by Crippen LogP contribution is -2.61. The summed E-state index contributed by atoms with van der Waals surface area (Å²) in [4.78, 5) is 15.3. The van der Waals surface area contributed by atoms with Crippen molar-refractivity contribution in [3.05, 3.63) is 53.9 Å². The lowest BCUT2D eigenvalue weighted by Gasteiger charge is -2.44. The SMILES string of the molecule is CS(=O)(=O)N1CC(O)(c2ccc(-c3ccc([C@@H](O)[C@@H](CF)NC(=O)C(F)F)cc3)cn2)C1. The maximum Gasteiger partial charge on any atom is 0.315 e. The number of aromatic nitrogens is 1. The van der Waals surface area contributed by atoms with Crippen molar-refractivity contribution in [2.75, 3.05) is 26.0 Å². The lowest BCUT2D eigenvalue weighted by molar-refractivity contribution is -0.133. The van der Waals surface area contributed by atoms with Gasteiger partial charge < -0.3 is 15.5 Å². The average molecular weight is 473 g/mol. The number of nitrogens with zero attached hydrogens (tertiary/aromatic N) is 2. The van der Waals surface area contributed by atoms with Gasteiger partial charge in [0.2, 0.25) is 10.0 Å². The highest BCUT2D eigenvalue weighted by molar-refractivity contribution is 7.88. The van der Waals surface area contributed by atoms with Crippen LogP contribution in [0.3, 0.4) is 0 Å². The van der Waals surface area contributed by atoms with E-state index in [-0.39, 0.29) is 18.7 Å². The predicted molar refractivity (Wildman–Crippen MR) is 109 cm³/mol. The quantitative estimate of drug-likeness (QED) is 0.526. The highest BCUT2D eigenvalue weighted by Gasteiger charge is 2.47. The summed E-state index contributed by atoms with van der Waals surface area (Å²) >= 11 is 0. The van der Waals surface area contributed by atoms with Gasteiger partial charge in [-0.3, -0.25) is 9.78 Å². The molecule has 2 atom stereocenters. The number of sulfonamides is 1. The molecule has 2 aromatic rings. The van der Waals surface area contributed by atoms with Crippen LogP contribution < -0.4 is 5.32 Å². The van der Waals surface area contributed by atoms with E-state index in [1.54, 1.807) is 29.6 Å². The summed E-state index contributed by atoms with van der Waals surface area (Å²) < 4.78 is 62.0. The molecule has 2 heterocycles. The van der Waals surface area contributed by atoms with Crippen molar-refractivity contribution in [3.8, 4) is 11.1 Å². The molecule has 0 unspecified atom stereocenters. The summed E-state index contributed by atoms with van der Waals surface area (Å²) in [7, 11) is -3.39. The van der Waals surface area contributed by atoms with Gasteiger partial charge in [-0.2, -0.15) is 13.1 Å². The van der Waals surface area contributed by atoms with E-state index in [9.17, 15) is 36.6 Å². The summed E-state index contributed by atoms with van der Waals surface area (Å²) in [6.45, 7) is -1.39. The van der Waals surface area contributed by atoms with E-state index in [0.717, 1.165) is 10.6 Å². The highest BCUT2D eigenvalue weighted by Crippen LogP contribution is 2.33. The van der Waals surface area contributed by atoms with Crippen molar-refractivity contribution in [3.63, 3.8) is 0 Å². The molecule has 12 heteroatoms. The Balaban J connectivity index is 1.69. The first-order valence-electron chi connectivity index (χ1n) is 9.51. The monoisotopic (exact) mass is 473 g/mol. The second-order valence-electron chi connectivity index (χ2n) is 7.63. The molecule has 0 bridgehead atoms. The Bertz CT molecular complexity index is 1060. The third-order valence-corrected chi connectivity index (χ3v) is 6.44. The van der Waals surface area contributed by atoms with E-state index < -0.39 is 46.8 Å². The van der Waals surface area contributed by atoms with Crippen molar-refractivity contribution in [2.24, 2.45) is 0 Å². The molecule has 3 rings (SSSR count). The number of nitrogens with one attached hydrogen (secondary N) is 1. The van der Waals surface area contributed by atoms with E-state index in [1.807, 2.05) is 0 Å². The van der Waals surface area contributed by atoms with Crippen LogP contribution in [0.2, 0.25) is 0 Å². The second kappa shape index (κ2) is 9.14. The molecule has 174 valence electrons. The number of aliphatic hydroxyl groups excluding tert-OH is 1. The molecule has 1 aromatic heterocycles. The van der Waals surface area contributed by atoms with Gasteiger partial charge in [0.25, 0.3) is 5.91 Å². The van der Waals surface area contributed by atoms with E-state index >= 15 is 0 Å². The van der Waals surface area contributed by atoms with Gasteiger partial charge >= 0.3 is 6.43 Å². The van der Waals surface area contributed by atoms with Crippen LogP contribution in [-0.2, 0) is 20.4 Å². The van der Waals surface area contributed by atoms with Crippen molar-refractivity contribution < 1.29 is 36.6 Å². The highest BCUT2D eigenvalue weighted by atomic mass is 32.2. The van der Waals surface area contributed by atoms with Crippen LogP contribution in [0.25, 0.3) is 11.1 Å². The van der Waals surface area contributed by atoms with Crippen LogP contribution in [0.4, 0.5) is 13.2 Å².